The molecular formula is C21H16N4. The van der Waals surface area contributed by atoms with Crippen LogP contribution >= 0.6 is 0 Å². The number of hydrogen-bond donors (Lipinski definition) is 0. The van der Waals surface area contributed by atoms with E-state index in [-0.39, 0.29) is 0 Å². The third kappa shape index (κ3) is 3.58. The number of pyridine rings is 4. The molecule has 4 nitrogen and oxygen atoms in total. The molecule has 0 aromatic carbocycles. The Kier molecular flexibility index (Phi) is 4.25. The van der Waals surface area contributed by atoms with Crippen LogP contribution in [0.15, 0.2) is 85.7 Å². The van der Waals surface area contributed by atoms with Gasteiger partial charge in [0.1, 0.15) is 0 Å². The predicted molar refractivity (Wildman–Crippen MR) is 97.7 cm³/mol. The van der Waals surface area contributed by atoms with E-state index < -0.39 is 0 Å². The fourth-order valence-electron chi connectivity index (χ4n) is 2.71. The van der Waals surface area contributed by atoms with E-state index in [4.69, 9.17) is 0 Å². The van der Waals surface area contributed by atoms with Gasteiger partial charge in [0, 0.05) is 48.3 Å². The van der Waals surface area contributed by atoms with Crippen molar-refractivity contribution in [3.05, 3.63) is 96.8 Å². The Morgan fingerprint density at radius 1 is 0.600 bits per heavy atom. The minimum Gasteiger partial charge on any atom is -0.264 e. The highest BCUT2D eigenvalue weighted by molar-refractivity contribution is 5.59. The lowest BCUT2D eigenvalue weighted by Gasteiger charge is -2.06. The third-order valence-electron chi connectivity index (χ3n) is 3.97. The van der Waals surface area contributed by atoms with Crippen molar-refractivity contribution in [2.24, 2.45) is 0 Å². The molecular weight excluding hydrogens is 308 g/mol. The number of hydrogen-bond acceptors (Lipinski definition) is 4. The first kappa shape index (κ1) is 15.1. The molecule has 0 saturated heterocycles. The molecule has 0 radical (unpaired) electrons. The SMILES string of the molecule is c1cncc(-c2ccc(Cc3ccnc(-c4cccnc4)c3)cn2)c1. The summed E-state index contributed by atoms with van der Waals surface area (Å²) < 4.78 is 0. The summed E-state index contributed by atoms with van der Waals surface area (Å²) in [5, 5.41) is 0. The van der Waals surface area contributed by atoms with Crippen molar-refractivity contribution in [2.75, 3.05) is 0 Å². The van der Waals surface area contributed by atoms with Crippen LogP contribution in [0.5, 0.6) is 0 Å². The number of aromatic nitrogens is 4. The molecule has 0 spiro atoms. The fourth-order valence-corrected chi connectivity index (χ4v) is 2.71. The van der Waals surface area contributed by atoms with Gasteiger partial charge in [0.05, 0.1) is 11.4 Å². The first-order valence-electron chi connectivity index (χ1n) is 8.09. The molecule has 0 unspecified atom stereocenters. The predicted octanol–water partition coefficient (Wildman–Crippen LogP) is 4.19. The fraction of sp³-hybridized carbons (Fsp3) is 0.0476. The van der Waals surface area contributed by atoms with Gasteiger partial charge in [0.15, 0.2) is 0 Å². The molecule has 0 N–H and O–H groups in total. The molecule has 4 heteroatoms. The summed E-state index contributed by atoms with van der Waals surface area (Å²) in [6.45, 7) is 0. The molecule has 25 heavy (non-hydrogen) atoms. The second-order valence-corrected chi connectivity index (χ2v) is 5.76. The topological polar surface area (TPSA) is 51.6 Å². The normalized spacial score (nSPS) is 10.6. The minimum absolute atomic E-state index is 0.816. The molecule has 0 aliphatic rings. The smallest absolute Gasteiger partial charge is 0.0720 e. The van der Waals surface area contributed by atoms with Crippen molar-refractivity contribution in [3.8, 4) is 22.5 Å². The van der Waals surface area contributed by atoms with Crippen molar-refractivity contribution in [2.45, 2.75) is 6.42 Å². The summed E-state index contributed by atoms with van der Waals surface area (Å²) in [6.07, 6.45) is 11.8. The van der Waals surface area contributed by atoms with E-state index in [1.807, 2.05) is 61.2 Å². The van der Waals surface area contributed by atoms with E-state index in [1.54, 1.807) is 12.4 Å². The molecule has 0 atom stereocenters. The van der Waals surface area contributed by atoms with Crippen LogP contribution in [0.3, 0.4) is 0 Å². The van der Waals surface area contributed by atoms with E-state index in [0.29, 0.717) is 0 Å². The highest BCUT2D eigenvalue weighted by Crippen LogP contribution is 2.20. The van der Waals surface area contributed by atoms with Gasteiger partial charge in [-0.2, -0.15) is 0 Å². The van der Waals surface area contributed by atoms with Crippen LogP contribution in [0.25, 0.3) is 22.5 Å². The molecule has 4 aromatic heterocycles. The highest BCUT2D eigenvalue weighted by atomic mass is 14.7. The van der Waals surface area contributed by atoms with Crippen LogP contribution < -0.4 is 0 Å². The Morgan fingerprint density at radius 2 is 1.36 bits per heavy atom. The first-order valence-corrected chi connectivity index (χ1v) is 8.09. The quantitative estimate of drug-likeness (QED) is 0.565. The standard InChI is InChI=1S/C21H16N4/c1-3-18(14-22-8-1)20-6-5-17(13-25-20)11-16-7-10-24-21(12-16)19-4-2-9-23-15-19/h1-10,12-15H,11H2. The molecule has 4 rings (SSSR count). The molecule has 0 aliphatic carbocycles. The van der Waals surface area contributed by atoms with E-state index in [9.17, 15) is 0 Å². The summed E-state index contributed by atoms with van der Waals surface area (Å²) in [4.78, 5) is 17.3. The molecule has 0 saturated carbocycles. The van der Waals surface area contributed by atoms with Crippen LogP contribution in [-0.4, -0.2) is 19.9 Å². The van der Waals surface area contributed by atoms with Gasteiger partial charge in [-0.3, -0.25) is 19.9 Å². The zero-order valence-electron chi connectivity index (χ0n) is 13.6. The summed E-state index contributed by atoms with van der Waals surface area (Å²) in [6, 6.07) is 16.2. The van der Waals surface area contributed by atoms with Gasteiger partial charge in [0.25, 0.3) is 0 Å². The third-order valence-corrected chi connectivity index (χ3v) is 3.97. The number of nitrogens with zero attached hydrogens (tertiary/aromatic N) is 4. The van der Waals surface area contributed by atoms with E-state index in [0.717, 1.165) is 34.5 Å². The van der Waals surface area contributed by atoms with Crippen LogP contribution in [0.1, 0.15) is 11.1 Å². The van der Waals surface area contributed by atoms with Crippen molar-refractivity contribution in [3.63, 3.8) is 0 Å². The maximum Gasteiger partial charge on any atom is 0.0720 e. The first-order chi connectivity index (χ1) is 12.4. The Hall–Kier alpha value is -3.40. The molecule has 0 fully saturated rings. The van der Waals surface area contributed by atoms with Gasteiger partial charge in [-0.25, -0.2) is 0 Å². The average Bonchev–Trinajstić information content (AvgIpc) is 2.70. The second-order valence-electron chi connectivity index (χ2n) is 5.76. The molecule has 4 aromatic rings. The lowest BCUT2D eigenvalue weighted by atomic mass is 10.0. The largest absolute Gasteiger partial charge is 0.264 e. The van der Waals surface area contributed by atoms with Crippen molar-refractivity contribution >= 4 is 0 Å². The summed E-state index contributed by atoms with van der Waals surface area (Å²) in [5.41, 5.74) is 6.28. The van der Waals surface area contributed by atoms with E-state index >= 15 is 0 Å². The zero-order chi connectivity index (χ0) is 16.9. The Bertz CT molecular complexity index is 952. The maximum atomic E-state index is 4.56. The van der Waals surface area contributed by atoms with Gasteiger partial charge in [-0.1, -0.05) is 6.07 Å². The van der Waals surface area contributed by atoms with Gasteiger partial charge in [0.2, 0.25) is 0 Å². The molecule has 0 amide bonds. The van der Waals surface area contributed by atoms with Crippen LogP contribution in [0.2, 0.25) is 0 Å². The molecule has 4 heterocycles. The minimum atomic E-state index is 0.816. The monoisotopic (exact) mass is 324 g/mol. The second kappa shape index (κ2) is 7.01. The van der Waals surface area contributed by atoms with Gasteiger partial charge in [-0.15, -0.1) is 0 Å². The molecule has 0 bridgehead atoms. The van der Waals surface area contributed by atoms with Gasteiger partial charge in [-0.05, 0) is 60.0 Å². The zero-order valence-corrected chi connectivity index (χ0v) is 13.6. The van der Waals surface area contributed by atoms with Crippen LogP contribution in [0, 0.1) is 0 Å². The molecule has 120 valence electrons. The van der Waals surface area contributed by atoms with Crippen LogP contribution in [-0.2, 0) is 6.42 Å². The summed E-state index contributed by atoms with van der Waals surface area (Å²) in [7, 11) is 0. The van der Waals surface area contributed by atoms with Crippen molar-refractivity contribution < 1.29 is 0 Å². The average molecular weight is 324 g/mol. The van der Waals surface area contributed by atoms with Gasteiger partial charge < -0.3 is 0 Å². The van der Waals surface area contributed by atoms with Gasteiger partial charge >= 0.3 is 0 Å². The summed E-state index contributed by atoms with van der Waals surface area (Å²) >= 11 is 0. The highest BCUT2D eigenvalue weighted by Gasteiger charge is 2.04. The van der Waals surface area contributed by atoms with E-state index in [1.165, 1.54) is 5.56 Å². The van der Waals surface area contributed by atoms with Crippen molar-refractivity contribution in [1.82, 2.24) is 19.9 Å². The maximum absolute atomic E-state index is 4.56. The number of rotatable bonds is 4. The Morgan fingerprint density at radius 3 is 2.00 bits per heavy atom. The van der Waals surface area contributed by atoms with Crippen LogP contribution in [0.4, 0.5) is 0 Å². The lowest BCUT2D eigenvalue weighted by Crippen LogP contribution is -1.93. The molecule has 0 aliphatic heterocycles. The Labute approximate surface area is 146 Å². The van der Waals surface area contributed by atoms with E-state index in [2.05, 4.69) is 32.1 Å². The Balaban J connectivity index is 1.55. The lowest BCUT2D eigenvalue weighted by molar-refractivity contribution is 1.13. The van der Waals surface area contributed by atoms with Crippen molar-refractivity contribution in [1.29, 1.82) is 0 Å². The summed E-state index contributed by atoms with van der Waals surface area (Å²) in [5.74, 6) is 0.